The molecule has 0 spiro atoms. The molecule has 4 rings (SSSR count). The van der Waals surface area contributed by atoms with Crippen molar-refractivity contribution in [3.63, 3.8) is 0 Å². The van der Waals surface area contributed by atoms with Gasteiger partial charge in [-0.25, -0.2) is 0 Å². The first kappa shape index (κ1) is 18.9. The van der Waals surface area contributed by atoms with Gasteiger partial charge < -0.3 is 9.73 Å². The molecule has 0 aliphatic carbocycles. The maximum absolute atomic E-state index is 11.7. The lowest BCUT2D eigenvalue weighted by Gasteiger charge is -2.08. The van der Waals surface area contributed by atoms with Gasteiger partial charge in [0.25, 0.3) is 11.1 Å². The molecule has 0 bridgehead atoms. The number of halogens is 2. The summed E-state index contributed by atoms with van der Waals surface area (Å²) in [6, 6.07) is 7.19. The highest BCUT2D eigenvalue weighted by Gasteiger charge is 2.25. The molecule has 28 heavy (non-hydrogen) atoms. The van der Waals surface area contributed by atoms with Crippen molar-refractivity contribution in [2.24, 2.45) is 0 Å². The van der Waals surface area contributed by atoms with Gasteiger partial charge in [0.2, 0.25) is 0 Å². The Hall–Kier alpha value is -2.48. The molecule has 0 atom stereocenters. The third-order valence-electron chi connectivity index (χ3n) is 4.08. The Labute approximate surface area is 174 Å². The molecule has 0 unspecified atom stereocenters. The molecule has 6 nitrogen and oxygen atoms in total. The van der Waals surface area contributed by atoms with E-state index in [2.05, 4.69) is 15.6 Å². The van der Waals surface area contributed by atoms with E-state index < -0.39 is 11.1 Å². The first-order chi connectivity index (χ1) is 13.5. The quantitative estimate of drug-likeness (QED) is 0.543. The molecule has 1 aromatic carbocycles. The number of nitrogens with zero attached hydrogens (tertiary/aromatic N) is 1. The summed E-state index contributed by atoms with van der Waals surface area (Å²) in [6.45, 7) is 0.617. The van der Waals surface area contributed by atoms with Crippen molar-refractivity contribution < 1.29 is 14.0 Å². The number of hydrogen-bond donors (Lipinski definition) is 2. The highest BCUT2D eigenvalue weighted by molar-refractivity contribution is 8.18. The zero-order valence-electron chi connectivity index (χ0n) is 14.3. The maximum atomic E-state index is 11.7. The van der Waals surface area contributed by atoms with Gasteiger partial charge in [-0.1, -0.05) is 29.3 Å². The molecule has 3 aromatic rings. The molecular weight excluding hydrogens is 421 g/mol. The van der Waals surface area contributed by atoms with E-state index >= 15 is 0 Å². The molecule has 2 N–H and O–H groups in total. The van der Waals surface area contributed by atoms with E-state index in [0.717, 1.165) is 28.4 Å². The number of amides is 2. The number of thioether (sulfide) groups is 1. The van der Waals surface area contributed by atoms with E-state index in [-0.39, 0.29) is 0 Å². The SMILES string of the molecule is O=C1NC(=O)C(=Cc2cc3cncc(NCCc4ccc(Cl)cc4Cl)c3o2)S1. The largest absolute Gasteiger partial charge is 0.454 e. The van der Waals surface area contributed by atoms with Crippen LogP contribution in [0.15, 0.2) is 46.0 Å². The molecule has 2 amide bonds. The Balaban J connectivity index is 1.52. The maximum Gasteiger partial charge on any atom is 0.290 e. The Bertz CT molecular complexity index is 1130. The molecule has 9 heteroatoms. The number of aromatic nitrogens is 1. The third kappa shape index (κ3) is 4.01. The van der Waals surface area contributed by atoms with Gasteiger partial charge in [0, 0.05) is 34.2 Å². The summed E-state index contributed by atoms with van der Waals surface area (Å²) in [7, 11) is 0. The number of anilines is 1. The van der Waals surface area contributed by atoms with Crippen LogP contribution >= 0.6 is 35.0 Å². The van der Waals surface area contributed by atoms with Crippen LogP contribution in [0.25, 0.3) is 17.0 Å². The zero-order valence-corrected chi connectivity index (χ0v) is 16.6. The number of nitrogens with one attached hydrogen (secondary N) is 2. The van der Waals surface area contributed by atoms with E-state index in [1.54, 1.807) is 36.7 Å². The second kappa shape index (κ2) is 7.87. The highest BCUT2D eigenvalue weighted by atomic mass is 35.5. The number of imide groups is 1. The van der Waals surface area contributed by atoms with E-state index in [9.17, 15) is 9.59 Å². The summed E-state index contributed by atoms with van der Waals surface area (Å²) < 4.78 is 5.86. The first-order valence-electron chi connectivity index (χ1n) is 8.30. The van der Waals surface area contributed by atoms with E-state index in [0.29, 0.717) is 39.3 Å². The molecule has 1 aliphatic rings. The number of benzene rings is 1. The minimum Gasteiger partial charge on any atom is -0.454 e. The number of furan rings is 1. The Morgan fingerprint density at radius 1 is 1.21 bits per heavy atom. The first-order valence-corrected chi connectivity index (χ1v) is 9.87. The van der Waals surface area contributed by atoms with E-state index in [4.69, 9.17) is 27.6 Å². The van der Waals surface area contributed by atoms with Crippen LogP contribution in [-0.4, -0.2) is 22.7 Å². The standard InChI is InChI=1S/C19H13Cl2N3O3S/c20-12-2-1-10(14(21)6-12)3-4-23-15-9-22-8-11-5-13(27-17(11)15)7-16-18(25)24-19(26)28-16/h1-2,5-9,23H,3-4H2,(H,24,25,26). The Morgan fingerprint density at radius 3 is 2.82 bits per heavy atom. The van der Waals surface area contributed by atoms with Crippen LogP contribution in [0.2, 0.25) is 10.0 Å². The number of carbonyl (C=O) groups excluding carboxylic acids is 2. The Kier molecular flexibility index (Phi) is 5.30. The number of pyridine rings is 1. The molecular formula is C19H13Cl2N3O3S. The minimum absolute atomic E-state index is 0.295. The van der Waals surface area contributed by atoms with Crippen molar-refractivity contribution in [2.45, 2.75) is 6.42 Å². The van der Waals surface area contributed by atoms with Gasteiger partial charge in [-0.05, 0) is 41.9 Å². The summed E-state index contributed by atoms with van der Waals surface area (Å²) in [4.78, 5) is 27.5. The summed E-state index contributed by atoms with van der Waals surface area (Å²) in [6.07, 6.45) is 5.59. The highest BCUT2D eigenvalue weighted by Crippen LogP contribution is 2.30. The zero-order chi connectivity index (χ0) is 19.7. The monoisotopic (exact) mass is 433 g/mol. The van der Waals surface area contributed by atoms with Crippen molar-refractivity contribution in [1.82, 2.24) is 10.3 Å². The van der Waals surface area contributed by atoms with Crippen LogP contribution < -0.4 is 10.6 Å². The van der Waals surface area contributed by atoms with Gasteiger partial charge >= 0.3 is 0 Å². The summed E-state index contributed by atoms with van der Waals surface area (Å²) in [5.74, 6) is 0.0471. The van der Waals surface area contributed by atoms with Crippen LogP contribution in [0.1, 0.15) is 11.3 Å². The number of carbonyl (C=O) groups is 2. The normalized spacial score (nSPS) is 15.4. The fraction of sp³-hybridized carbons (Fsp3) is 0.105. The van der Waals surface area contributed by atoms with Crippen LogP contribution in [0.3, 0.4) is 0 Å². The van der Waals surface area contributed by atoms with Crippen LogP contribution in [0.4, 0.5) is 10.5 Å². The van der Waals surface area contributed by atoms with Crippen molar-refractivity contribution in [3.05, 3.63) is 62.9 Å². The van der Waals surface area contributed by atoms with Gasteiger partial charge in [-0.15, -0.1) is 0 Å². The van der Waals surface area contributed by atoms with Gasteiger partial charge in [-0.2, -0.15) is 0 Å². The molecule has 2 aromatic heterocycles. The molecule has 1 aliphatic heterocycles. The van der Waals surface area contributed by atoms with Crippen LogP contribution in [0.5, 0.6) is 0 Å². The van der Waals surface area contributed by atoms with Gasteiger partial charge in [0.15, 0.2) is 5.58 Å². The molecule has 3 heterocycles. The van der Waals surface area contributed by atoms with Crippen LogP contribution in [0, 0.1) is 0 Å². The smallest absolute Gasteiger partial charge is 0.290 e. The van der Waals surface area contributed by atoms with Gasteiger partial charge in [-0.3, -0.25) is 19.9 Å². The molecule has 0 saturated carbocycles. The fourth-order valence-electron chi connectivity index (χ4n) is 2.79. The van der Waals surface area contributed by atoms with Crippen molar-refractivity contribution in [3.8, 4) is 0 Å². The lowest BCUT2D eigenvalue weighted by Crippen LogP contribution is -2.17. The predicted molar refractivity (Wildman–Crippen MR) is 112 cm³/mol. The molecule has 142 valence electrons. The van der Waals surface area contributed by atoms with Gasteiger partial charge in [0.1, 0.15) is 5.76 Å². The summed E-state index contributed by atoms with van der Waals surface area (Å²) in [5.41, 5.74) is 2.34. The van der Waals surface area contributed by atoms with Crippen molar-refractivity contribution in [1.29, 1.82) is 0 Å². The number of rotatable bonds is 5. The molecule has 0 radical (unpaired) electrons. The second-order valence-corrected chi connectivity index (χ2v) is 7.88. The average Bonchev–Trinajstić information content (AvgIpc) is 3.19. The van der Waals surface area contributed by atoms with Gasteiger partial charge in [0.05, 0.1) is 16.8 Å². The second-order valence-electron chi connectivity index (χ2n) is 6.02. The topological polar surface area (TPSA) is 84.2 Å². The number of fused-ring (bicyclic) bond motifs is 1. The van der Waals surface area contributed by atoms with Crippen LogP contribution in [-0.2, 0) is 11.2 Å². The van der Waals surface area contributed by atoms with E-state index in [1.807, 2.05) is 6.07 Å². The van der Waals surface area contributed by atoms with Crippen molar-refractivity contribution in [2.75, 3.05) is 11.9 Å². The molecule has 1 saturated heterocycles. The van der Waals surface area contributed by atoms with Crippen molar-refractivity contribution >= 4 is 68.8 Å². The lowest BCUT2D eigenvalue weighted by atomic mass is 10.1. The predicted octanol–water partition coefficient (Wildman–Crippen LogP) is 5.11. The van der Waals surface area contributed by atoms with E-state index in [1.165, 1.54) is 0 Å². The third-order valence-corrected chi connectivity index (χ3v) is 5.48. The fourth-order valence-corrected chi connectivity index (χ4v) is 3.95. The lowest BCUT2D eigenvalue weighted by molar-refractivity contribution is -0.115. The summed E-state index contributed by atoms with van der Waals surface area (Å²) in [5, 5.41) is 7.13. The summed E-state index contributed by atoms with van der Waals surface area (Å²) >= 11 is 13.0. The molecule has 1 fully saturated rings. The minimum atomic E-state index is -0.424. The average molecular weight is 434 g/mol. The number of hydrogen-bond acceptors (Lipinski definition) is 6. The Morgan fingerprint density at radius 2 is 2.07 bits per heavy atom.